The smallest absolute Gasteiger partial charge is 0.255 e. The highest BCUT2D eigenvalue weighted by Gasteiger charge is 2.23. The first-order chi connectivity index (χ1) is 17.7. The maximum atomic E-state index is 13.2. The third-order valence-electron chi connectivity index (χ3n) is 7.07. The Morgan fingerprint density at radius 2 is 2.00 bits per heavy atom. The summed E-state index contributed by atoms with van der Waals surface area (Å²) in [4.78, 5) is 25.0. The summed E-state index contributed by atoms with van der Waals surface area (Å²) in [5, 5.41) is 14.6. The molecule has 2 aliphatic heterocycles. The number of nitrogens with one attached hydrogen (secondary N) is 3. The molecule has 1 fully saturated rings. The molecule has 37 heavy (non-hydrogen) atoms. The summed E-state index contributed by atoms with van der Waals surface area (Å²) in [5.74, 6) is 0.577. The van der Waals surface area contributed by atoms with Crippen LogP contribution in [0.5, 0.6) is 0 Å². The largest absolute Gasteiger partial charge is 0.354 e. The van der Waals surface area contributed by atoms with Gasteiger partial charge in [0.1, 0.15) is 0 Å². The third-order valence-corrected chi connectivity index (χ3v) is 7.07. The van der Waals surface area contributed by atoms with Crippen LogP contribution in [0.4, 0.5) is 5.95 Å². The zero-order valence-corrected chi connectivity index (χ0v) is 22.5. The molecule has 0 aromatic carbocycles. The normalized spacial score (nSPS) is 19.3. The summed E-state index contributed by atoms with van der Waals surface area (Å²) in [6, 6.07) is 4.44. The van der Waals surface area contributed by atoms with Crippen molar-refractivity contribution < 1.29 is 4.79 Å². The summed E-state index contributed by atoms with van der Waals surface area (Å²) < 4.78 is 1.77. The SMILES string of the molecule is C[C@@H]1C=C(c2ccn3ncc(C(=O)NC4CCN(C)CC4)c3c2)c2cnc(NCC(C)(C)C)nc2CN1. The quantitative estimate of drug-likeness (QED) is 0.492. The van der Waals surface area contributed by atoms with Gasteiger partial charge in [-0.25, -0.2) is 14.5 Å². The van der Waals surface area contributed by atoms with Crippen molar-refractivity contribution in [2.45, 2.75) is 59.2 Å². The van der Waals surface area contributed by atoms with Crippen LogP contribution in [0, 0.1) is 5.41 Å². The van der Waals surface area contributed by atoms with Gasteiger partial charge < -0.3 is 20.9 Å². The van der Waals surface area contributed by atoms with E-state index in [0.717, 1.165) is 60.4 Å². The van der Waals surface area contributed by atoms with Crippen LogP contribution >= 0.6 is 0 Å². The average molecular weight is 503 g/mol. The number of carbonyl (C=O) groups excluding carboxylic acids is 1. The number of piperidine rings is 1. The topological polar surface area (TPSA) is 99.5 Å². The van der Waals surface area contributed by atoms with Crippen LogP contribution in [-0.4, -0.2) is 69.2 Å². The van der Waals surface area contributed by atoms with E-state index in [4.69, 9.17) is 4.98 Å². The van der Waals surface area contributed by atoms with Gasteiger partial charge in [-0.2, -0.15) is 5.10 Å². The molecular weight excluding hydrogens is 464 g/mol. The fourth-order valence-electron chi connectivity index (χ4n) is 4.85. The Hall–Kier alpha value is -3.30. The maximum absolute atomic E-state index is 13.2. The highest BCUT2D eigenvalue weighted by Crippen LogP contribution is 2.30. The van der Waals surface area contributed by atoms with Crippen LogP contribution in [0.2, 0.25) is 0 Å². The molecule has 3 aromatic heterocycles. The number of pyridine rings is 1. The molecule has 9 heteroatoms. The lowest BCUT2D eigenvalue weighted by Gasteiger charge is -2.29. The van der Waals surface area contributed by atoms with E-state index in [-0.39, 0.29) is 23.4 Å². The van der Waals surface area contributed by atoms with Crippen LogP contribution in [0.25, 0.3) is 11.1 Å². The van der Waals surface area contributed by atoms with E-state index in [0.29, 0.717) is 18.1 Å². The van der Waals surface area contributed by atoms with E-state index in [1.807, 2.05) is 18.5 Å². The summed E-state index contributed by atoms with van der Waals surface area (Å²) in [5.41, 5.74) is 5.54. The Morgan fingerprint density at radius 3 is 2.76 bits per heavy atom. The van der Waals surface area contributed by atoms with E-state index in [2.05, 4.69) is 77.8 Å². The number of hydrogen-bond donors (Lipinski definition) is 3. The summed E-state index contributed by atoms with van der Waals surface area (Å²) in [6.07, 6.45) is 9.63. The molecule has 1 atom stereocenters. The summed E-state index contributed by atoms with van der Waals surface area (Å²) in [6.45, 7) is 12.1. The molecule has 1 amide bonds. The van der Waals surface area contributed by atoms with Crippen molar-refractivity contribution in [1.82, 2.24) is 35.1 Å². The zero-order valence-electron chi connectivity index (χ0n) is 22.5. The highest BCUT2D eigenvalue weighted by atomic mass is 16.1. The molecule has 0 radical (unpaired) electrons. The van der Waals surface area contributed by atoms with Crippen molar-refractivity contribution in [1.29, 1.82) is 0 Å². The number of aromatic nitrogens is 4. The Balaban J connectivity index is 1.44. The molecule has 3 N–H and O–H groups in total. The molecule has 2 aliphatic rings. The number of rotatable bonds is 5. The molecule has 0 bridgehead atoms. The van der Waals surface area contributed by atoms with Gasteiger partial charge in [-0.15, -0.1) is 0 Å². The second-order valence-electron chi connectivity index (χ2n) is 11.6. The van der Waals surface area contributed by atoms with Gasteiger partial charge in [-0.1, -0.05) is 26.8 Å². The number of carbonyl (C=O) groups is 1. The predicted molar refractivity (Wildman–Crippen MR) is 147 cm³/mol. The minimum Gasteiger partial charge on any atom is -0.354 e. The Bertz CT molecular complexity index is 1310. The van der Waals surface area contributed by atoms with E-state index in [9.17, 15) is 4.79 Å². The lowest BCUT2D eigenvalue weighted by atomic mass is 9.96. The third kappa shape index (κ3) is 5.83. The second kappa shape index (κ2) is 10.2. The van der Waals surface area contributed by atoms with E-state index < -0.39 is 0 Å². The molecule has 0 unspecified atom stereocenters. The van der Waals surface area contributed by atoms with Crippen LogP contribution in [-0.2, 0) is 6.54 Å². The summed E-state index contributed by atoms with van der Waals surface area (Å²) in [7, 11) is 2.12. The molecule has 1 saturated heterocycles. The van der Waals surface area contributed by atoms with Crippen molar-refractivity contribution >= 4 is 22.9 Å². The van der Waals surface area contributed by atoms with Gasteiger partial charge in [-0.05, 0) is 68.6 Å². The van der Waals surface area contributed by atoms with E-state index in [1.165, 1.54) is 0 Å². The van der Waals surface area contributed by atoms with Gasteiger partial charge in [0.2, 0.25) is 5.95 Å². The number of anilines is 1. The highest BCUT2D eigenvalue weighted by molar-refractivity contribution is 6.01. The van der Waals surface area contributed by atoms with Gasteiger partial charge in [0, 0.05) is 43.1 Å². The number of likely N-dealkylation sites (tertiary alicyclic amines) is 1. The second-order valence-corrected chi connectivity index (χ2v) is 11.6. The monoisotopic (exact) mass is 502 g/mol. The lowest BCUT2D eigenvalue weighted by Crippen LogP contribution is -2.43. The predicted octanol–water partition coefficient (Wildman–Crippen LogP) is 3.33. The molecule has 196 valence electrons. The van der Waals surface area contributed by atoms with Gasteiger partial charge >= 0.3 is 0 Å². The number of amides is 1. The molecule has 3 aromatic rings. The van der Waals surface area contributed by atoms with Crippen molar-refractivity contribution in [3.05, 3.63) is 59.2 Å². The van der Waals surface area contributed by atoms with Crippen LogP contribution in [0.3, 0.4) is 0 Å². The van der Waals surface area contributed by atoms with Crippen LogP contribution in [0.15, 0.2) is 36.8 Å². The molecule has 0 spiro atoms. The van der Waals surface area contributed by atoms with E-state index in [1.54, 1.807) is 10.7 Å². The molecule has 5 rings (SSSR count). The lowest BCUT2D eigenvalue weighted by molar-refractivity contribution is 0.0918. The fourth-order valence-corrected chi connectivity index (χ4v) is 4.85. The van der Waals surface area contributed by atoms with Crippen molar-refractivity contribution in [2.24, 2.45) is 5.41 Å². The van der Waals surface area contributed by atoms with Crippen molar-refractivity contribution in [2.75, 3.05) is 32.0 Å². The number of nitrogens with zero attached hydrogens (tertiary/aromatic N) is 5. The molecule has 5 heterocycles. The number of fused-ring (bicyclic) bond motifs is 2. The first-order valence-corrected chi connectivity index (χ1v) is 13.2. The van der Waals surface area contributed by atoms with Crippen molar-refractivity contribution in [3.63, 3.8) is 0 Å². The zero-order chi connectivity index (χ0) is 26.2. The van der Waals surface area contributed by atoms with Crippen LogP contribution in [0.1, 0.15) is 67.7 Å². The molecule has 0 aliphatic carbocycles. The van der Waals surface area contributed by atoms with Gasteiger partial charge in [0.15, 0.2) is 0 Å². The van der Waals surface area contributed by atoms with Crippen molar-refractivity contribution in [3.8, 4) is 0 Å². The maximum Gasteiger partial charge on any atom is 0.255 e. The Kier molecular flexibility index (Phi) is 7.00. The Labute approximate surface area is 218 Å². The van der Waals surface area contributed by atoms with E-state index >= 15 is 0 Å². The van der Waals surface area contributed by atoms with Gasteiger partial charge in [0.05, 0.1) is 23.0 Å². The Morgan fingerprint density at radius 1 is 1.22 bits per heavy atom. The summed E-state index contributed by atoms with van der Waals surface area (Å²) >= 11 is 0. The minimum absolute atomic E-state index is 0.0649. The first kappa shape index (κ1) is 25.4. The van der Waals surface area contributed by atoms with Crippen LogP contribution < -0.4 is 16.0 Å². The number of hydrogen-bond acceptors (Lipinski definition) is 7. The molecule has 9 nitrogen and oxygen atoms in total. The molecular formula is C28H38N8O. The average Bonchev–Trinajstić information content (AvgIpc) is 3.22. The minimum atomic E-state index is -0.0649. The first-order valence-electron chi connectivity index (χ1n) is 13.2. The fraction of sp³-hybridized carbons (Fsp3) is 0.500. The van der Waals surface area contributed by atoms with Gasteiger partial charge in [0.25, 0.3) is 5.91 Å². The molecule has 0 saturated carbocycles. The van der Waals surface area contributed by atoms with Gasteiger partial charge in [-0.3, -0.25) is 4.79 Å². The standard InChI is InChI=1S/C28H38N8O/c1-18-12-21(22-14-30-27(31-17-28(2,3)4)34-24(22)16-29-18)19-6-11-36-25(13-19)23(15-32-36)26(37)33-20-7-9-35(5)10-8-20/h6,11-15,18,20,29H,7-10,16-17H2,1-5H3,(H,33,37)(H,30,31,34)/t18-/m1/s1.